The van der Waals surface area contributed by atoms with Crippen LogP contribution in [0.4, 0.5) is 4.39 Å². The molecule has 4 nitrogen and oxygen atoms in total. The van der Waals surface area contributed by atoms with Crippen molar-refractivity contribution in [2.45, 2.75) is 30.8 Å². The highest BCUT2D eigenvalue weighted by atomic mass is 32.2. The van der Waals surface area contributed by atoms with Gasteiger partial charge in [0.05, 0.1) is 0 Å². The number of aryl methyl sites for hydroxylation is 1. The van der Waals surface area contributed by atoms with Crippen LogP contribution in [-0.4, -0.2) is 19.3 Å². The highest BCUT2D eigenvalue weighted by Gasteiger charge is 2.13. The number of aromatic nitrogens is 4. The first kappa shape index (κ1) is 15.8. The molecule has 0 atom stereocenters. The van der Waals surface area contributed by atoms with Crippen molar-refractivity contribution in [3.63, 3.8) is 0 Å². The number of benzene rings is 1. The van der Waals surface area contributed by atoms with Gasteiger partial charge in [-0.3, -0.25) is 0 Å². The largest absolute Gasteiger partial charge is 0.354 e. The number of thioether (sulfide) groups is 1. The molecular weight excluding hydrogens is 311 g/mol. The molecule has 3 rings (SSSR count). The number of hydrogen-bond donors (Lipinski definition) is 0. The van der Waals surface area contributed by atoms with Gasteiger partial charge >= 0.3 is 0 Å². The van der Waals surface area contributed by atoms with Gasteiger partial charge in [-0.15, -0.1) is 10.2 Å². The summed E-state index contributed by atoms with van der Waals surface area (Å²) in [6.45, 7) is 2.87. The van der Waals surface area contributed by atoms with Gasteiger partial charge in [-0.05, 0) is 30.7 Å². The molecule has 0 aliphatic heterocycles. The summed E-state index contributed by atoms with van der Waals surface area (Å²) in [6, 6.07) is 11.0. The van der Waals surface area contributed by atoms with Crippen molar-refractivity contribution in [1.82, 2.24) is 19.3 Å². The highest BCUT2D eigenvalue weighted by molar-refractivity contribution is 7.98. The quantitative estimate of drug-likeness (QED) is 0.647. The Kier molecular flexibility index (Phi) is 4.81. The normalized spacial score (nSPS) is 11.1. The first-order chi connectivity index (χ1) is 11.2. The summed E-state index contributed by atoms with van der Waals surface area (Å²) in [6.07, 6.45) is 2.76. The van der Waals surface area contributed by atoms with E-state index >= 15 is 0 Å². The SMILES string of the molecule is CCn1c(Cc2cccn2C)nnc1SCc1ccccc1F. The molecule has 23 heavy (non-hydrogen) atoms. The lowest BCUT2D eigenvalue weighted by Gasteiger charge is -2.08. The lowest BCUT2D eigenvalue weighted by Crippen LogP contribution is -2.06. The molecule has 0 amide bonds. The third-order valence-electron chi connectivity index (χ3n) is 3.81. The molecule has 0 N–H and O–H groups in total. The van der Waals surface area contributed by atoms with Crippen LogP contribution in [0.1, 0.15) is 24.0 Å². The zero-order valence-electron chi connectivity index (χ0n) is 13.2. The van der Waals surface area contributed by atoms with E-state index in [1.807, 2.05) is 25.4 Å². The number of halogens is 1. The monoisotopic (exact) mass is 330 g/mol. The van der Waals surface area contributed by atoms with Gasteiger partial charge in [-0.1, -0.05) is 30.0 Å². The Labute approximate surface area is 139 Å². The van der Waals surface area contributed by atoms with Gasteiger partial charge in [0.2, 0.25) is 0 Å². The molecule has 0 saturated heterocycles. The van der Waals surface area contributed by atoms with E-state index in [2.05, 4.69) is 32.3 Å². The maximum absolute atomic E-state index is 13.7. The van der Waals surface area contributed by atoms with E-state index in [9.17, 15) is 4.39 Å². The van der Waals surface area contributed by atoms with Crippen LogP contribution in [0.25, 0.3) is 0 Å². The Morgan fingerprint density at radius 1 is 1.13 bits per heavy atom. The summed E-state index contributed by atoms with van der Waals surface area (Å²) in [7, 11) is 2.02. The summed E-state index contributed by atoms with van der Waals surface area (Å²) in [5.41, 5.74) is 1.88. The van der Waals surface area contributed by atoms with Crippen molar-refractivity contribution < 1.29 is 4.39 Å². The van der Waals surface area contributed by atoms with E-state index in [-0.39, 0.29) is 5.82 Å². The lowest BCUT2D eigenvalue weighted by atomic mass is 10.2. The number of rotatable bonds is 6. The summed E-state index contributed by atoms with van der Waals surface area (Å²) < 4.78 is 17.9. The minimum absolute atomic E-state index is 0.174. The molecule has 0 fully saturated rings. The Morgan fingerprint density at radius 3 is 2.65 bits per heavy atom. The molecule has 1 aromatic carbocycles. The molecule has 0 aliphatic rings. The first-order valence-corrected chi connectivity index (χ1v) is 8.56. The second kappa shape index (κ2) is 7.00. The van der Waals surface area contributed by atoms with Gasteiger partial charge in [-0.25, -0.2) is 4.39 Å². The fourth-order valence-corrected chi connectivity index (χ4v) is 3.48. The van der Waals surface area contributed by atoms with E-state index in [0.29, 0.717) is 11.3 Å². The minimum atomic E-state index is -0.174. The molecular formula is C17H19FN4S. The van der Waals surface area contributed by atoms with E-state index in [1.165, 1.54) is 23.5 Å². The van der Waals surface area contributed by atoms with Crippen molar-refractivity contribution in [2.24, 2.45) is 7.05 Å². The zero-order chi connectivity index (χ0) is 16.2. The topological polar surface area (TPSA) is 35.6 Å². The standard InChI is InChI=1S/C17H19FN4S/c1-3-22-16(11-14-8-6-10-21(14)2)19-20-17(22)23-12-13-7-4-5-9-15(13)18/h4-10H,3,11-12H2,1-2H3. The molecule has 0 aliphatic carbocycles. The zero-order valence-corrected chi connectivity index (χ0v) is 14.1. The van der Waals surface area contributed by atoms with Crippen LogP contribution in [0.3, 0.4) is 0 Å². The van der Waals surface area contributed by atoms with E-state index < -0.39 is 0 Å². The first-order valence-electron chi connectivity index (χ1n) is 7.57. The van der Waals surface area contributed by atoms with Crippen molar-refractivity contribution in [3.05, 3.63) is 65.5 Å². The van der Waals surface area contributed by atoms with Crippen LogP contribution < -0.4 is 0 Å². The maximum atomic E-state index is 13.7. The van der Waals surface area contributed by atoms with Gasteiger partial charge < -0.3 is 9.13 Å². The van der Waals surface area contributed by atoms with Gasteiger partial charge in [-0.2, -0.15) is 0 Å². The Balaban J connectivity index is 1.76. The fraction of sp³-hybridized carbons (Fsp3) is 0.294. The molecule has 0 radical (unpaired) electrons. The Bertz CT molecular complexity index is 793. The van der Waals surface area contributed by atoms with Gasteiger partial charge in [0, 0.05) is 37.7 Å². The van der Waals surface area contributed by atoms with Crippen molar-refractivity contribution >= 4 is 11.8 Å². The van der Waals surface area contributed by atoms with Gasteiger partial charge in [0.1, 0.15) is 11.6 Å². The lowest BCUT2D eigenvalue weighted by molar-refractivity contribution is 0.616. The van der Waals surface area contributed by atoms with Gasteiger partial charge in [0.25, 0.3) is 0 Å². The minimum Gasteiger partial charge on any atom is -0.354 e. The van der Waals surface area contributed by atoms with Crippen molar-refractivity contribution in [1.29, 1.82) is 0 Å². The molecule has 0 spiro atoms. The number of hydrogen-bond acceptors (Lipinski definition) is 3. The number of nitrogens with zero attached hydrogens (tertiary/aromatic N) is 4. The Morgan fingerprint density at radius 2 is 1.96 bits per heavy atom. The molecule has 0 bridgehead atoms. The Hall–Kier alpha value is -2.08. The van der Waals surface area contributed by atoms with Crippen LogP contribution in [-0.2, 0) is 25.8 Å². The average molecular weight is 330 g/mol. The van der Waals surface area contributed by atoms with Crippen LogP contribution in [0.15, 0.2) is 47.8 Å². The summed E-state index contributed by atoms with van der Waals surface area (Å²) in [5, 5.41) is 9.44. The third kappa shape index (κ3) is 3.47. The molecule has 2 heterocycles. The van der Waals surface area contributed by atoms with E-state index in [1.54, 1.807) is 12.1 Å². The second-order valence-electron chi connectivity index (χ2n) is 5.31. The van der Waals surface area contributed by atoms with Crippen molar-refractivity contribution in [2.75, 3.05) is 0 Å². The fourth-order valence-electron chi connectivity index (χ4n) is 2.47. The molecule has 6 heteroatoms. The van der Waals surface area contributed by atoms with Crippen LogP contribution in [0.5, 0.6) is 0 Å². The molecule has 120 valence electrons. The molecule has 0 saturated carbocycles. The van der Waals surface area contributed by atoms with Crippen LogP contribution in [0, 0.1) is 5.82 Å². The molecule has 3 aromatic rings. The average Bonchev–Trinajstić information content (AvgIpc) is 3.13. The van der Waals surface area contributed by atoms with Crippen molar-refractivity contribution in [3.8, 4) is 0 Å². The van der Waals surface area contributed by atoms with Crippen LogP contribution in [0.2, 0.25) is 0 Å². The second-order valence-corrected chi connectivity index (χ2v) is 6.25. The summed E-state index contributed by atoms with van der Waals surface area (Å²) in [4.78, 5) is 0. The van der Waals surface area contributed by atoms with E-state index in [4.69, 9.17) is 0 Å². The smallest absolute Gasteiger partial charge is 0.191 e. The predicted octanol–water partition coefficient (Wildman–Crippen LogP) is 3.66. The third-order valence-corrected chi connectivity index (χ3v) is 4.83. The summed E-state index contributed by atoms with van der Waals surface area (Å²) in [5.74, 6) is 1.31. The molecule has 0 unspecified atom stereocenters. The predicted molar refractivity (Wildman–Crippen MR) is 89.9 cm³/mol. The maximum Gasteiger partial charge on any atom is 0.191 e. The van der Waals surface area contributed by atoms with Gasteiger partial charge in [0.15, 0.2) is 5.16 Å². The van der Waals surface area contributed by atoms with E-state index in [0.717, 1.165) is 23.9 Å². The highest BCUT2D eigenvalue weighted by Crippen LogP contribution is 2.24. The summed E-state index contributed by atoms with van der Waals surface area (Å²) >= 11 is 1.52. The van der Waals surface area contributed by atoms with Crippen LogP contribution >= 0.6 is 11.8 Å². The molecule has 2 aromatic heterocycles.